The SMILES string of the molecule is C=CC=CC=CC=COc1cc(COc2cc(OC)ccc2CO)cc(OC=CC=CC=CC=C)c1OC=CC=CC=CC=C. The zero-order valence-electron chi connectivity index (χ0n) is 25.5. The van der Waals surface area contributed by atoms with E-state index in [9.17, 15) is 5.11 Å². The number of benzene rings is 2. The third-order valence-corrected chi connectivity index (χ3v) is 5.47. The fraction of sp³-hybridized carbons (Fsp3) is 0.0769. The van der Waals surface area contributed by atoms with E-state index < -0.39 is 0 Å². The van der Waals surface area contributed by atoms with Gasteiger partial charge in [0, 0.05) is 11.6 Å². The molecule has 0 aliphatic heterocycles. The molecular formula is C39H40O6. The number of methoxy groups -OCH3 is 1. The third kappa shape index (κ3) is 14.3. The van der Waals surface area contributed by atoms with Crippen LogP contribution in [0.4, 0.5) is 0 Å². The van der Waals surface area contributed by atoms with Crippen molar-refractivity contribution in [3.8, 4) is 28.7 Å². The monoisotopic (exact) mass is 604 g/mol. The van der Waals surface area contributed by atoms with Crippen LogP contribution >= 0.6 is 0 Å². The Bertz CT molecular complexity index is 1430. The molecule has 6 nitrogen and oxygen atoms in total. The van der Waals surface area contributed by atoms with E-state index in [1.165, 1.54) is 18.8 Å². The van der Waals surface area contributed by atoms with Gasteiger partial charge in [0.2, 0.25) is 5.75 Å². The number of rotatable bonds is 20. The highest BCUT2D eigenvalue weighted by Gasteiger charge is 2.16. The average molecular weight is 605 g/mol. The van der Waals surface area contributed by atoms with Crippen molar-refractivity contribution in [3.63, 3.8) is 0 Å². The van der Waals surface area contributed by atoms with E-state index in [1.54, 1.807) is 73.9 Å². The van der Waals surface area contributed by atoms with Gasteiger partial charge < -0.3 is 28.8 Å². The summed E-state index contributed by atoms with van der Waals surface area (Å²) in [5.41, 5.74) is 1.36. The Balaban J connectivity index is 2.48. The van der Waals surface area contributed by atoms with Crippen LogP contribution in [0.15, 0.2) is 178 Å². The first-order valence-electron chi connectivity index (χ1n) is 14.1. The second-order valence-corrected chi connectivity index (χ2v) is 8.70. The molecule has 0 aromatic heterocycles. The quantitative estimate of drug-likeness (QED) is 0.120. The molecule has 0 spiro atoms. The Kier molecular flexibility index (Phi) is 18.0. The van der Waals surface area contributed by atoms with E-state index in [-0.39, 0.29) is 13.2 Å². The van der Waals surface area contributed by atoms with E-state index in [1.807, 2.05) is 72.9 Å². The van der Waals surface area contributed by atoms with Crippen molar-refractivity contribution in [1.82, 2.24) is 0 Å². The number of aliphatic hydroxyl groups is 1. The molecule has 0 atom stereocenters. The van der Waals surface area contributed by atoms with Crippen LogP contribution in [0, 0.1) is 0 Å². The summed E-state index contributed by atoms with van der Waals surface area (Å²) in [6, 6.07) is 8.85. The van der Waals surface area contributed by atoms with Gasteiger partial charge >= 0.3 is 0 Å². The summed E-state index contributed by atoms with van der Waals surface area (Å²) < 4.78 is 29.5. The highest BCUT2D eigenvalue weighted by molar-refractivity contribution is 5.55. The summed E-state index contributed by atoms with van der Waals surface area (Å²) in [6.45, 7) is 10.9. The van der Waals surface area contributed by atoms with Crippen LogP contribution in [-0.4, -0.2) is 12.2 Å². The molecule has 0 saturated carbocycles. The predicted octanol–water partition coefficient (Wildman–Crippen LogP) is 9.34. The van der Waals surface area contributed by atoms with Gasteiger partial charge in [-0.25, -0.2) is 0 Å². The molecule has 0 unspecified atom stereocenters. The maximum Gasteiger partial charge on any atom is 0.211 e. The number of allylic oxidation sites excluding steroid dienone is 18. The molecule has 232 valence electrons. The lowest BCUT2D eigenvalue weighted by atomic mass is 10.1. The largest absolute Gasteiger partial charge is 0.497 e. The number of hydrogen-bond acceptors (Lipinski definition) is 6. The molecule has 0 fully saturated rings. The fourth-order valence-corrected chi connectivity index (χ4v) is 3.38. The summed E-state index contributed by atoms with van der Waals surface area (Å²) in [4.78, 5) is 0. The van der Waals surface area contributed by atoms with Gasteiger partial charge in [0.05, 0.1) is 32.5 Å². The first-order valence-corrected chi connectivity index (χ1v) is 14.1. The first kappa shape index (κ1) is 35.5. The Labute approximate surface area is 266 Å². The van der Waals surface area contributed by atoms with Gasteiger partial charge in [0.15, 0.2) is 11.5 Å². The average Bonchev–Trinajstić information content (AvgIpc) is 3.06. The van der Waals surface area contributed by atoms with Crippen molar-refractivity contribution in [3.05, 3.63) is 189 Å². The minimum absolute atomic E-state index is 0.146. The molecule has 0 saturated heterocycles. The zero-order chi connectivity index (χ0) is 32.4. The van der Waals surface area contributed by atoms with Crippen LogP contribution in [0.1, 0.15) is 11.1 Å². The van der Waals surface area contributed by atoms with E-state index in [2.05, 4.69) is 19.7 Å². The summed E-state index contributed by atoms with van der Waals surface area (Å²) in [7, 11) is 1.57. The Morgan fingerprint density at radius 1 is 0.578 bits per heavy atom. The van der Waals surface area contributed by atoms with Crippen molar-refractivity contribution < 1.29 is 28.8 Å². The molecule has 0 radical (unpaired) electrons. The molecule has 0 aliphatic carbocycles. The summed E-state index contributed by atoms with van der Waals surface area (Å²) in [5, 5.41) is 9.80. The number of ether oxygens (including phenoxy) is 5. The van der Waals surface area contributed by atoms with Gasteiger partial charge in [-0.2, -0.15) is 0 Å². The molecular weight excluding hydrogens is 564 g/mol. The third-order valence-electron chi connectivity index (χ3n) is 5.47. The highest BCUT2D eigenvalue weighted by Crippen LogP contribution is 2.40. The van der Waals surface area contributed by atoms with E-state index >= 15 is 0 Å². The lowest BCUT2D eigenvalue weighted by Crippen LogP contribution is -2.02. The lowest BCUT2D eigenvalue weighted by molar-refractivity contribution is 0.257. The minimum Gasteiger partial charge on any atom is -0.497 e. The summed E-state index contributed by atoms with van der Waals surface area (Å²) in [6.07, 6.45) is 36.9. The lowest BCUT2D eigenvalue weighted by Gasteiger charge is -2.16. The van der Waals surface area contributed by atoms with Crippen molar-refractivity contribution in [2.45, 2.75) is 13.2 Å². The van der Waals surface area contributed by atoms with Gasteiger partial charge in [-0.3, -0.25) is 0 Å². The van der Waals surface area contributed by atoms with Crippen LogP contribution in [0.5, 0.6) is 28.7 Å². The maximum absolute atomic E-state index is 9.80. The Hall–Kier alpha value is -5.72. The van der Waals surface area contributed by atoms with Crippen molar-refractivity contribution in [2.24, 2.45) is 0 Å². The molecule has 0 bridgehead atoms. The summed E-state index contributed by atoms with van der Waals surface area (Å²) in [5.74, 6) is 2.24. The molecule has 0 heterocycles. The smallest absolute Gasteiger partial charge is 0.211 e. The van der Waals surface area contributed by atoms with Crippen LogP contribution in [0.3, 0.4) is 0 Å². The molecule has 1 N–H and O–H groups in total. The van der Waals surface area contributed by atoms with Gasteiger partial charge in [-0.15, -0.1) is 0 Å². The topological polar surface area (TPSA) is 66.4 Å². The van der Waals surface area contributed by atoms with Gasteiger partial charge in [0.25, 0.3) is 0 Å². The summed E-state index contributed by atoms with van der Waals surface area (Å²) >= 11 is 0. The molecule has 0 amide bonds. The zero-order valence-corrected chi connectivity index (χ0v) is 25.5. The normalized spacial score (nSPS) is 12.3. The standard InChI is InChI=1S/C39H40O6/c1-5-8-11-14-17-20-25-42-37-28-33(32-45-36-30-35(41-4)24-23-34(36)31-40)29-38(43-26-21-18-15-12-9-6-2)39(37)44-27-22-19-16-13-10-7-3/h5-30,40H,1-3,31-32H2,4H3. The van der Waals surface area contributed by atoms with E-state index in [4.69, 9.17) is 23.7 Å². The fourth-order valence-electron chi connectivity index (χ4n) is 3.38. The van der Waals surface area contributed by atoms with Gasteiger partial charge in [0.1, 0.15) is 18.1 Å². The second-order valence-electron chi connectivity index (χ2n) is 8.70. The molecule has 2 rings (SSSR count). The predicted molar refractivity (Wildman–Crippen MR) is 184 cm³/mol. The molecule has 0 aliphatic rings. The number of aliphatic hydroxyl groups excluding tert-OH is 1. The van der Waals surface area contributed by atoms with Crippen molar-refractivity contribution >= 4 is 0 Å². The molecule has 45 heavy (non-hydrogen) atoms. The first-order chi connectivity index (χ1) is 22.2. The van der Waals surface area contributed by atoms with E-state index in [0.717, 1.165) is 5.56 Å². The molecule has 2 aromatic carbocycles. The van der Waals surface area contributed by atoms with Gasteiger partial charge in [-0.05, 0) is 48.1 Å². The van der Waals surface area contributed by atoms with E-state index in [0.29, 0.717) is 34.3 Å². The number of hydrogen-bond donors (Lipinski definition) is 1. The van der Waals surface area contributed by atoms with Gasteiger partial charge in [-0.1, -0.05) is 111 Å². The van der Waals surface area contributed by atoms with Crippen LogP contribution in [0.25, 0.3) is 0 Å². The Morgan fingerprint density at radius 2 is 1.04 bits per heavy atom. The minimum atomic E-state index is -0.181. The van der Waals surface area contributed by atoms with Crippen LogP contribution in [0.2, 0.25) is 0 Å². The van der Waals surface area contributed by atoms with Crippen molar-refractivity contribution in [1.29, 1.82) is 0 Å². The molecule has 2 aromatic rings. The maximum atomic E-state index is 9.80. The second kappa shape index (κ2) is 22.8. The highest BCUT2D eigenvalue weighted by atomic mass is 16.5. The van der Waals surface area contributed by atoms with Crippen molar-refractivity contribution in [2.75, 3.05) is 7.11 Å². The van der Waals surface area contributed by atoms with Crippen LogP contribution in [-0.2, 0) is 13.2 Å². The van der Waals surface area contributed by atoms with Crippen LogP contribution < -0.4 is 23.7 Å². The molecule has 6 heteroatoms. The Morgan fingerprint density at radius 3 is 1.51 bits per heavy atom.